The molecule has 0 saturated heterocycles. The second-order valence-electron chi connectivity index (χ2n) is 10.0. The number of hydrogen-bond acceptors (Lipinski definition) is 6. The van der Waals surface area contributed by atoms with Crippen LogP contribution in [0.4, 0.5) is 0 Å². The van der Waals surface area contributed by atoms with Crippen LogP contribution in [0.25, 0.3) is 13.2 Å². The Balaban J connectivity index is 0.000000403. The molecule has 0 aliphatic carbocycles. The van der Waals surface area contributed by atoms with E-state index in [9.17, 15) is 18.7 Å². The minimum Gasteiger partial charge on any atom is -0.234 e. The summed E-state index contributed by atoms with van der Waals surface area (Å²) in [6.07, 6.45) is 0.580. The smallest absolute Gasteiger partial charge is 0.234 e. The van der Waals surface area contributed by atoms with Crippen molar-refractivity contribution in [2.45, 2.75) is 68.7 Å². The van der Waals surface area contributed by atoms with Crippen molar-refractivity contribution >= 4 is 62.5 Å². The van der Waals surface area contributed by atoms with Gasteiger partial charge >= 0.3 is 26.7 Å². The lowest BCUT2D eigenvalue weighted by molar-refractivity contribution is 0.107. The van der Waals surface area contributed by atoms with Gasteiger partial charge in [-0.2, -0.15) is 11.3 Å². The minimum absolute atomic E-state index is 0. The maximum Gasteiger partial charge on any atom is 0.424 e. The predicted molar refractivity (Wildman–Crippen MR) is 185 cm³/mol. The van der Waals surface area contributed by atoms with Gasteiger partial charge in [0.15, 0.2) is 12.3 Å². The van der Waals surface area contributed by atoms with E-state index < -0.39 is 15.6 Å². The SMILES string of the molecule is C.C.C=c1cc(C[P+](=O)C(=O)c2c(C)cc(C)cc2C)c(=C)s1.Cc1cc(C)c(C(=O)[P+](=O)Cc2ccsc2)c(C)c1. The minimum atomic E-state index is -1.99. The van der Waals surface area contributed by atoms with Crippen LogP contribution in [0.3, 0.4) is 0 Å². The molecule has 42 heavy (non-hydrogen) atoms. The van der Waals surface area contributed by atoms with Crippen molar-refractivity contribution in [1.29, 1.82) is 0 Å². The molecular formula is C34H42O4P2S2+2. The van der Waals surface area contributed by atoms with E-state index >= 15 is 0 Å². The van der Waals surface area contributed by atoms with E-state index in [1.165, 1.54) is 11.3 Å². The quantitative estimate of drug-likeness (QED) is 0.180. The van der Waals surface area contributed by atoms with Gasteiger partial charge in [0.25, 0.3) is 0 Å². The van der Waals surface area contributed by atoms with Gasteiger partial charge in [-0.25, -0.2) is 9.59 Å². The zero-order chi connectivity index (χ0) is 29.7. The fourth-order valence-corrected chi connectivity index (χ4v) is 9.08. The largest absolute Gasteiger partial charge is 0.424 e. The summed E-state index contributed by atoms with van der Waals surface area (Å²) in [6, 6.07) is 11.6. The summed E-state index contributed by atoms with van der Waals surface area (Å²) in [5, 5.41) is 3.88. The van der Waals surface area contributed by atoms with Crippen molar-refractivity contribution in [3.05, 3.63) is 112 Å². The topological polar surface area (TPSA) is 68.3 Å². The highest BCUT2D eigenvalue weighted by Gasteiger charge is 2.33. The summed E-state index contributed by atoms with van der Waals surface area (Å²) in [5.74, 6) is 0. The molecule has 2 unspecified atom stereocenters. The molecule has 2 aromatic carbocycles. The second kappa shape index (κ2) is 16.1. The zero-order valence-corrected chi connectivity index (χ0v) is 27.2. The van der Waals surface area contributed by atoms with Gasteiger partial charge in [0.2, 0.25) is 0 Å². The summed E-state index contributed by atoms with van der Waals surface area (Å²) in [7, 11) is -3.88. The number of carbonyl (C=O) groups excluding carboxylic acids is 2. The van der Waals surface area contributed by atoms with E-state index in [4.69, 9.17) is 0 Å². The van der Waals surface area contributed by atoms with E-state index in [0.29, 0.717) is 17.3 Å². The third-order valence-corrected chi connectivity index (χ3v) is 10.7. The highest BCUT2D eigenvalue weighted by Crippen LogP contribution is 2.35. The maximum absolute atomic E-state index is 12.5. The van der Waals surface area contributed by atoms with Crippen LogP contribution in [0.2, 0.25) is 0 Å². The van der Waals surface area contributed by atoms with Gasteiger partial charge < -0.3 is 0 Å². The maximum atomic E-state index is 12.5. The average Bonchev–Trinajstić information content (AvgIpc) is 3.46. The lowest BCUT2D eigenvalue weighted by Gasteiger charge is -2.05. The Hall–Kier alpha value is -2.88. The fourth-order valence-electron chi connectivity index (χ4n) is 4.79. The molecule has 0 spiro atoms. The predicted octanol–water partition coefficient (Wildman–Crippen LogP) is 9.78. The number of aryl methyl sites for hydroxylation is 6. The Bertz CT molecular complexity index is 1670. The number of carbonyl (C=O) groups is 2. The van der Waals surface area contributed by atoms with Gasteiger partial charge in [0.1, 0.15) is 0 Å². The number of rotatable bonds is 8. The zero-order valence-electron chi connectivity index (χ0n) is 23.8. The van der Waals surface area contributed by atoms with Gasteiger partial charge in [0, 0.05) is 20.2 Å². The number of hydrogen-bond donors (Lipinski definition) is 0. The van der Waals surface area contributed by atoms with Crippen LogP contribution in [0, 0.1) is 41.5 Å². The summed E-state index contributed by atoms with van der Waals surface area (Å²) >= 11 is 3.02. The van der Waals surface area contributed by atoms with Gasteiger partial charge in [0.05, 0.1) is 11.1 Å². The normalized spacial score (nSPS) is 10.9. The van der Waals surface area contributed by atoms with Crippen molar-refractivity contribution in [3.63, 3.8) is 0 Å². The number of thiophene rings is 2. The molecule has 4 rings (SSSR count). The molecular weight excluding hydrogens is 598 g/mol. The van der Waals surface area contributed by atoms with Gasteiger partial charge in [-0.1, -0.05) is 72.5 Å². The third-order valence-electron chi connectivity index (χ3n) is 6.40. The summed E-state index contributed by atoms with van der Waals surface area (Å²) in [5.41, 5.74) is 8.40. The van der Waals surface area contributed by atoms with Crippen LogP contribution in [-0.2, 0) is 21.5 Å². The van der Waals surface area contributed by atoms with Gasteiger partial charge in [-0.3, -0.25) is 0 Å². The molecule has 2 atom stereocenters. The van der Waals surface area contributed by atoms with Gasteiger partial charge in [-0.05, 0) is 86.7 Å². The Morgan fingerprint density at radius 3 is 1.50 bits per heavy atom. The van der Waals surface area contributed by atoms with Crippen molar-refractivity contribution in [2.24, 2.45) is 0 Å². The van der Waals surface area contributed by atoms with E-state index in [2.05, 4.69) is 13.2 Å². The Morgan fingerprint density at radius 1 is 0.714 bits per heavy atom. The van der Waals surface area contributed by atoms with E-state index in [1.54, 1.807) is 11.3 Å². The lowest BCUT2D eigenvalue weighted by atomic mass is 10.0. The molecule has 0 aliphatic rings. The summed E-state index contributed by atoms with van der Waals surface area (Å²) in [6.45, 7) is 19.3. The molecule has 0 aliphatic heterocycles. The molecule has 0 saturated carbocycles. The standard InChI is InChI=1S/C17H18O2PS.C15H16O2PS.2CH4/c1-10-6-11(2)16(12(3)7-10)17(18)20(19)9-15-8-13(4)21-14(15)5;1-10-6-11(2)14(12(3)7-10)15(16)18(17)8-13-4-5-19-9-13;;/h6-8H,4-5,9H2,1-3H3;4-7,9H,8H2,1-3H3;2*1H4/q2*+1;;. The molecule has 2 aromatic heterocycles. The highest BCUT2D eigenvalue weighted by molar-refractivity contribution is 7.64. The molecule has 0 N–H and O–H groups in total. The summed E-state index contributed by atoms with van der Waals surface area (Å²) in [4.78, 5) is 24.8. The molecule has 8 heteroatoms. The van der Waals surface area contributed by atoms with E-state index in [0.717, 1.165) is 53.6 Å². The van der Waals surface area contributed by atoms with E-state index in [1.807, 2.05) is 88.7 Å². The van der Waals surface area contributed by atoms with Gasteiger partial charge in [-0.15, -0.1) is 11.3 Å². The molecule has 4 nitrogen and oxygen atoms in total. The monoisotopic (exact) mass is 640 g/mol. The lowest BCUT2D eigenvalue weighted by Crippen LogP contribution is -2.04. The van der Waals surface area contributed by atoms with Crippen LogP contribution < -0.4 is 9.06 Å². The first kappa shape index (κ1) is 37.1. The first-order valence-corrected chi connectivity index (χ1v) is 17.3. The fraction of sp³-hybridized carbons (Fsp3) is 0.294. The molecule has 0 bridgehead atoms. The molecule has 2 heterocycles. The molecule has 0 amide bonds. The number of benzene rings is 2. The Labute approximate surface area is 260 Å². The Morgan fingerprint density at radius 2 is 1.14 bits per heavy atom. The molecule has 0 fully saturated rings. The van der Waals surface area contributed by atoms with Crippen molar-refractivity contribution in [3.8, 4) is 0 Å². The first-order valence-electron chi connectivity index (χ1n) is 12.7. The van der Waals surface area contributed by atoms with Crippen LogP contribution in [0.15, 0.2) is 47.2 Å². The van der Waals surface area contributed by atoms with Crippen molar-refractivity contribution in [1.82, 2.24) is 0 Å². The van der Waals surface area contributed by atoms with Crippen LogP contribution in [0.1, 0.15) is 80.1 Å². The molecule has 4 aromatic rings. The Kier molecular flexibility index (Phi) is 14.2. The van der Waals surface area contributed by atoms with Crippen LogP contribution in [0.5, 0.6) is 0 Å². The first-order chi connectivity index (χ1) is 18.8. The van der Waals surface area contributed by atoms with Crippen molar-refractivity contribution in [2.75, 3.05) is 0 Å². The van der Waals surface area contributed by atoms with Crippen molar-refractivity contribution < 1.29 is 18.7 Å². The molecule has 0 radical (unpaired) electrons. The summed E-state index contributed by atoms with van der Waals surface area (Å²) < 4.78 is 26.3. The third kappa shape index (κ3) is 9.31. The highest BCUT2D eigenvalue weighted by atomic mass is 32.1. The average molecular weight is 641 g/mol. The molecule has 222 valence electrons. The van der Waals surface area contributed by atoms with Crippen LogP contribution in [-0.4, -0.2) is 11.0 Å². The second-order valence-corrected chi connectivity index (χ2v) is 15.0. The van der Waals surface area contributed by atoms with Crippen LogP contribution >= 0.6 is 38.3 Å². The van der Waals surface area contributed by atoms with E-state index in [-0.39, 0.29) is 32.1 Å².